The van der Waals surface area contributed by atoms with E-state index in [0.29, 0.717) is 80.3 Å². The predicted molar refractivity (Wildman–Crippen MR) is 450 cm³/mol. The highest BCUT2D eigenvalue weighted by atomic mass is 16.7. The van der Waals surface area contributed by atoms with Crippen LogP contribution in [0, 0.1) is 26.7 Å². The highest BCUT2D eigenvalue weighted by molar-refractivity contribution is 5.60. The number of carbonyl (C=O) groups is 2. The number of nitrogens with one attached hydrogen (secondary N) is 4. The number of hydrogen-bond acceptors (Lipinski definition) is 25. The summed E-state index contributed by atoms with van der Waals surface area (Å²) in [6.45, 7) is 27.1. The van der Waals surface area contributed by atoms with Gasteiger partial charge >= 0.3 is 35.5 Å². The fraction of sp³-hybridized carbons (Fsp3) is 0.625. The number of aromatic nitrogens is 6. The highest BCUT2D eigenvalue weighted by Crippen LogP contribution is 2.35. The van der Waals surface area contributed by atoms with Gasteiger partial charge in [0.2, 0.25) is 0 Å². The third kappa shape index (κ3) is 30.7. The molecule has 8 aliphatic rings. The van der Waals surface area contributed by atoms with Gasteiger partial charge in [0.25, 0.3) is 16.7 Å². The van der Waals surface area contributed by atoms with E-state index in [4.69, 9.17) is 47.5 Å². The second kappa shape index (κ2) is 50.4. The number of aromatic amines is 3. The summed E-state index contributed by atoms with van der Waals surface area (Å²) >= 11 is 0. The monoisotopic (exact) mass is 1660 g/mol. The quantitative estimate of drug-likeness (QED) is 0.0352. The molecule has 1 aliphatic carbocycles. The first-order valence-corrected chi connectivity index (χ1v) is 42.4. The number of nitrogens with zero attached hydrogens (tertiary/aromatic N) is 8. The Labute approximate surface area is 697 Å². The van der Waals surface area contributed by atoms with Crippen molar-refractivity contribution in [3.8, 4) is 0 Å². The SMILES string of the molecule is C.C1COCCN1.CC[C@H]1O[C@@H](n2cc(C)c(=O)[nH]c2=O)CC1O.CC[C@H]1O[C@@H](n2cc(C)c(=O)[nH]c2=O)CC1OC(=O)OCCN(Cc1ccccc1)CC1CCCCC1.CC[C@H]1O[C@@H](n2cc(C)c(=O)[nH]c2=O)CC1OC(=O)OCCN(Cc1ccccc1)CC1CCCCN1C.O=C=O.c1ccc(CN2CCN3CCCCC3C2)cc1. The molecular formula is C88H130N12O19. The minimum absolute atomic E-state index is 0. The first-order valence-electron chi connectivity index (χ1n) is 42.4. The van der Waals surface area contributed by atoms with Crippen LogP contribution in [0.3, 0.4) is 0 Å². The Kier molecular flexibility index (Phi) is 40.5. The topological polar surface area (TPSA) is 355 Å². The van der Waals surface area contributed by atoms with E-state index in [1.165, 1.54) is 146 Å². The minimum Gasteiger partial charge on any atom is -0.433 e. The molecule has 5 unspecified atom stereocenters. The number of aliphatic hydroxyl groups excluding tert-OH is 1. The number of likely N-dealkylation sites (N-methyl/N-ethyl adjacent to an activating group) is 1. The van der Waals surface area contributed by atoms with Gasteiger partial charge < -0.3 is 53.2 Å². The number of piperazine rings is 1. The molecule has 31 nitrogen and oxygen atoms in total. The van der Waals surface area contributed by atoms with Gasteiger partial charge in [0, 0.05) is 145 Å². The average Bonchev–Trinajstić information content (AvgIpc) is 1.70. The van der Waals surface area contributed by atoms with Crippen molar-refractivity contribution in [3.05, 3.63) is 205 Å². The van der Waals surface area contributed by atoms with Crippen LogP contribution < -0.4 is 39.1 Å². The Morgan fingerprint density at radius 2 is 0.958 bits per heavy atom. The molecular weight excluding hydrogens is 1530 g/mol. The maximum Gasteiger partial charge on any atom is 0.508 e. The third-order valence-electron chi connectivity index (χ3n) is 23.0. The molecule has 6 aromatic rings. The molecule has 8 fully saturated rings. The molecule has 0 radical (unpaired) electrons. The zero-order chi connectivity index (χ0) is 84.3. The largest absolute Gasteiger partial charge is 0.508 e. The zero-order valence-corrected chi connectivity index (χ0v) is 69.9. The fourth-order valence-electron chi connectivity index (χ4n) is 16.5. The van der Waals surface area contributed by atoms with E-state index in [2.05, 4.69) is 106 Å². The van der Waals surface area contributed by atoms with Crippen molar-refractivity contribution in [1.82, 2.24) is 58.5 Å². The molecule has 31 heteroatoms. The van der Waals surface area contributed by atoms with Gasteiger partial charge in [-0.2, -0.15) is 9.59 Å². The molecule has 10 heterocycles. The number of carbonyl (C=O) groups excluding carboxylic acids is 4. The Morgan fingerprint density at radius 1 is 0.529 bits per heavy atom. The molecule has 3 aromatic carbocycles. The van der Waals surface area contributed by atoms with Crippen molar-refractivity contribution in [2.24, 2.45) is 5.92 Å². The van der Waals surface area contributed by atoms with Crippen molar-refractivity contribution in [3.63, 3.8) is 0 Å². The van der Waals surface area contributed by atoms with Crippen molar-refractivity contribution in [2.75, 3.05) is 105 Å². The molecule has 0 amide bonds. The number of piperidine rings is 2. The second-order valence-corrected chi connectivity index (χ2v) is 31.8. The van der Waals surface area contributed by atoms with Gasteiger partial charge in [0.15, 0.2) is 0 Å². The van der Waals surface area contributed by atoms with Gasteiger partial charge in [-0.3, -0.25) is 62.6 Å². The van der Waals surface area contributed by atoms with Crippen LogP contribution >= 0.6 is 0 Å². The lowest BCUT2D eigenvalue weighted by Gasteiger charge is -2.44. The molecule has 7 aliphatic heterocycles. The van der Waals surface area contributed by atoms with Crippen LogP contribution in [0.2, 0.25) is 0 Å². The molecule has 0 bridgehead atoms. The van der Waals surface area contributed by atoms with E-state index in [1.807, 2.05) is 57.2 Å². The standard InChI is InChI=1S/C28H40N4O6.C28H39N3O6.C15H22N2.C11H16N2O4.C4H9NO.CO2.CH4/c1-4-23-24(16-25(37-23)32-17-20(2)26(33)29-27(32)34)38-28(35)36-15-14-31(18-21-10-6-5-7-11-21)19-22-12-8-9-13-30(22)3;1-3-23-24(16-25(36-23)31-17-20(2)26(32)29-27(31)33)37-28(34)35-15-14-30(18-21-10-6-4-7-11-21)19-22-12-8-5-9-13-22;1-2-6-14(7-3-1)12-16-10-11-17-9-5-4-8-15(17)13-16;1-3-8-7(14)4-9(17-8)13-5-6(2)10(15)12-11(13)16;1-3-6-4-2-5-1;2-1-3;/h5-7,10-11,17,22-25H,4,8-9,12-16,18-19H2,1-3H3,(H,29,33,34);4,6-7,10-11,17,22-25H,3,5,8-9,12-16,18-19H2,1-2H3,(H,29,32,33);1-3,6-7,15H,4-5,8-13H2;5,7-9,14H,3-4H2,1-2H3,(H,12,15,16);5H,1-4H2;;1H4/t22?,23-,24?,25-;23-,24?,25-;;7?,8-,9-;;;/m11.1.../s1. The van der Waals surface area contributed by atoms with Crippen molar-refractivity contribution >= 4 is 18.5 Å². The van der Waals surface area contributed by atoms with Crippen LogP contribution in [0.4, 0.5) is 9.59 Å². The predicted octanol–water partition coefficient (Wildman–Crippen LogP) is 9.12. The van der Waals surface area contributed by atoms with Crippen LogP contribution in [0.5, 0.6) is 0 Å². The summed E-state index contributed by atoms with van der Waals surface area (Å²) in [6, 6.07) is 32.9. The van der Waals surface area contributed by atoms with Crippen molar-refractivity contribution in [2.45, 2.75) is 245 Å². The van der Waals surface area contributed by atoms with Gasteiger partial charge in [-0.15, -0.1) is 0 Å². The number of ether oxygens (including phenoxy) is 8. The number of rotatable bonds is 24. The first-order chi connectivity index (χ1) is 57.1. The van der Waals surface area contributed by atoms with E-state index < -0.39 is 83.1 Å². The van der Waals surface area contributed by atoms with Gasteiger partial charge in [0.1, 0.15) is 44.1 Å². The number of aryl methyl sites for hydroxylation is 3. The summed E-state index contributed by atoms with van der Waals surface area (Å²) in [5, 5.41) is 12.9. The number of likely N-dealkylation sites (tertiary alicyclic amines) is 1. The van der Waals surface area contributed by atoms with Crippen LogP contribution in [-0.4, -0.2) is 231 Å². The number of benzene rings is 3. The molecule has 119 heavy (non-hydrogen) atoms. The maximum atomic E-state index is 12.6. The highest BCUT2D eigenvalue weighted by Gasteiger charge is 2.41. The fourth-order valence-corrected chi connectivity index (χ4v) is 16.5. The summed E-state index contributed by atoms with van der Waals surface area (Å²) in [5.74, 6) is 0.683. The maximum absolute atomic E-state index is 12.6. The molecule has 1 saturated carbocycles. The molecule has 0 spiro atoms. The van der Waals surface area contributed by atoms with Gasteiger partial charge in [-0.25, -0.2) is 24.0 Å². The number of fused-ring (bicyclic) bond motifs is 1. The Balaban J connectivity index is 0.000000200. The summed E-state index contributed by atoms with van der Waals surface area (Å²) in [5.41, 5.74) is 2.34. The van der Waals surface area contributed by atoms with E-state index in [-0.39, 0.29) is 45.1 Å². The number of morpholine rings is 1. The Hall–Kier alpha value is -8.82. The van der Waals surface area contributed by atoms with Crippen LogP contribution in [0.25, 0.3) is 0 Å². The van der Waals surface area contributed by atoms with E-state index in [1.54, 1.807) is 20.8 Å². The number of aliphatic hydroxyl groups is 1. The van der Waals surface area contributed by atoms with Crippen LogP contribution in [0.15, 0.2) is 138 Å². The normalized spacial score (nSPS) is 23.8. The molecule has 5 N–H and O–H groups in total. The first kappa shape index (κ1) is 95.6. The summed E-state index contributed by atoms with van der Waals surface area (Å²) in [7, 11) is 2.18. The molecule has 3 aromatic heterocycles. The van der Waals surface area contributed by atoms with Crippen LogP contribution in [0.1, 0.15) is 189 Å². The number of H-pyrrole nitrogens is 3. The third-order valence-corrected chi connectivity index (χ3v) is 23.0. The van der Waals surface area contributed by atoms with E-state index in [9.17, 15) is 43.5 Å². The Bertz CT molecular complexity index is 4380. The van der Waals surface area contributed by atoms with Gasteiger partial charge in [0.05, 0.1) is 37.6 Å². The molecule has 11 atom stereocenters. The zero-order valence-electron chi connectivity index (χ0n) is 69.9. The summed E-state index contributed by atoms with van der Waals surface area (Å²) in [6.07, 6.45) is 16.0. The van der Waals surface area contributed by atoms with E-state index in [0.717, 1.165) is 71.6 Å². The number of hydrogen-bond donors (Lipinski definition) is 5. The molecule has 656 valence electrons. The second-order valence-electron chi connectivity index (χ2n) is 31.8. The average molecular weight is 1660 g/mol. The van der Waals surface area contributed by atoms with Crippen molar-refractivity contribution in [1.29, 1.82) is 0 Å². The molecule has 7 saturated heterocycles. The smallest absolute Gasteiger partial charge is 0.433 e. The minimum atomic E-state index is -0.739. The lowest BCUT2D eigenvalue weighted by molar-refractivity contribution is -0.191. The summed E-state index contributed by atoms with van der Waals surface area (Å²) < 4.78 is 48.8. The lowest BCUT2D eigenvalue weighted by Crippen LogP contribution is -2.54. The summed E-state index contributed by atoms with van der Waals surface area (Å²) in [4.78, 5) is 132. The van der Waals surface area contributed by atoms with Crippen molar-refractivity contribution < 1.29 is 62.2 Å². The van der Waals surface area contributed by atoms with E-state index >= 15 is 0 Å². The van der Waals surface area contributed by atoms with Gasteiger partial charge in [-0.05, 0) is 121 Å². The Morgan fingerprint density at radius 3 is 1.39 bits per heavy atom. The molecule has 14 rings (SSSR count). The lowest BCUT2D eigenvalue weighted by atomic mass is 9.89. The van der Waals surface area contributed by atoms with Gasteiger partial charge in [-0.1, -0.05) is 151 Å². The van der Waals surface area contributed by atoms with Crippen LogP contribution in [-0.2, 0) is 67.1 Å².